The van der Waals surface area contributed by atoms with Crippen LogP contribution < -0.4 is 15.4 Å². The maximum Gasteiger partial charge on any atom is 0.389 e. The Hall–Kier alpha value is -3.84. The molecule has 42 heavy (non-hydrogen) atoms. The summed E-state index contributed by atoms with van der Waals surface area (Å²) in [6.45, 7) is 0. The third kappa shape index (κ3) is 7.32. The monoisotopic (exact) mass is 594 g/mol. The lowest BCUT2D eigenvalue weighted by molar-refractivity contribution is -0.144. The van der Waals surface area contributed by atoms with Gasteiger partial charge in [0.1, 0.15) is 11.4 Å². The largest absolute Gasteiger partial charge is 0.497 e. The predicted octanol–water partition coefficient (Wildman–Crippen LogP) is 5.34. The number of ether oxygens (including phenoxy) is 1. The second-order valence-electron chi connectivity index (χ2n) is 11.0. The molecule has 0 bridgehead atoms. The van der Waals surface area contributed by atoms with Gasteiger partial charge in [0.2, 0.25) is 11.8 Å². The summed E-state index contributed by atoms with van der Waals surface area (Å²) in [4.78, 5) is 34.2. The second-order valence-corrected chi connectivity index (χ2v) is 11.0. The van der Waals surface area contributed by atoms with Crippen molar-refractivity contribution in [2.75, 3.05) is 7.11 Å². The number of methoxy groups -OCH3 is 1. The Morgan fingerprint density at radius 2 is 1.81 bits per heavy atom. The molecule has 2 aliphatic rings. The van der Waals surface area contributed by atoms with Crippen LogP contribution in [0.25, 0.3) is 5.65 Å². The highest BCUT2D eigenvalue weighted by molar-refractivity contribution is 5.92. The summed E-state index contributed by atoms with van der Waals surface area (Å²) in [5.74, 6) is -3.80. The first kappa shape index (κ1) is 29.6. The first-order valence-corrected chi connectivity index (χ1v) is 13.8. The Balaban J connectivity index is 1.40. The van der Waals surface area contributed by atoms with E-state index in [9.17, 15) is 31.5 Å². The number of halogens is 5. The molecule has 0 aromatic carbocycles. The van der Waals surface area contributed by atoms with Gasteiger partial charge in [0, 0.05) is 31.5 Å². The SMILES string of the molecule is COc1ccnc(C(=O)N[C@H](c2cn3ncc([C@H](NC(=O)CCC(F)(F)F)C4CC4)cc3n2)C2CCC(F)(F)CC2)c1. The smallest absolute Gasteiger partial charge is 0.389 e. The first-order chi connectivity index (χ1) is 19.9. The molecular weight excluding hydrogens is 563 g/mol. The van der Waals surface area contributed by atoms with Gasteiger partial charge in [-0.3, -0.25) is 14.6 Å². The molecule has 0 saturated heterocycles. The maximum absolute atomic E-state index is 14.0. The van der Waals surface area contributed by atoms with Crippen molar-refractivity contribution in [3.05, 3.63) is 53.7 Å². The van der Waals surface area contributed by atoms with Crippen molar-refractivity contribution in [1.29, 1.82) is 0 Å². The lowest BCUT2D eigenvalue weighted by Gasteiger charge is -2.33. The zero-order chi connectivity index (χ0) is 30.1. The number of imidazole rings is 1. The molecule has 2 N–H and O–H groups in total. The highest BCUT2D eigenvalue weighted by atomic mass is 19.4. The van der Waals surface area contributed by atoms with Crippen LogP contribution in [-0.4, -0.2) is 50.6 Å². The number of hydrogen-bond acceptors (Lipinski definition) is 6. The number of nitrogens with zero attached hydrogens (tertiary/aromatic N) is 4. The number of nitrogens with one attached hydrogen (secondary N) is 2. The van der Waals surface area contributed by atoms with Crippen LogP contribution in [0.5, 0.6) is 5.75 Å². The Labute approximate surface area is 238 Å². The molecule has 0 spiro atoms. The Kier molecular flexibility index (Phi) is 8.33. The number of rotatable bonds is 10. The summed E-state index contributed by atoms with van der Waals surface area (Å²) in [7, 11) is 1.46. The number of carbonyl (C=O) groups is 2. The van der Waals surface area contributed by atoms with E-state index in [1.165, 1.54) is 30.1 Å². The Bertz CT molecular complexity index is 1430. The zero-order valence-corrected chi connectivity index (χ0v) is 22.8. The molecule has 5 rings (SSSR count). The fraction of sp³-hybridized carbons (Fsp3) is 0.536. The van der Waals surface area contributed by atoms with Crippen molar-refractivity contribution in [2.24, 2.45) is 11.8 Å². The van der Waals surface area contributed by atoms with Gasteiger partial charge < -0.3 is 15.4 Å². The van der Waals surface area contributed by atoms with Gasteiger partial charge in [-0.2, -0.15) is 18.3 Å². The van der Waals surface area contributed by atoms with Gasteiger partial charge in [-0.25, -0.2) is 18.3 Å². The third-order valence-corrected chi connectivity index (χ3v) is 7.80. The minimum absolute atomic E-state index is 0.0739. The Morgan fingerprint density at radius 3 is 2.48 bits per heavy atom. The molecule has 2 aliphatic carbocycles. The fourth-order valence-electron chi connectivity index (χ4n) is 5.34. The molecule has 2 fully saturated rings. The minimum atomic E-state index is -4.43. The number of alkyl halides is 5. The number of carbonyl (C=O) groups excluding carboxylic acids is 2. The summed E-state index contributed by atoms with van der Waals surface area (Å²) < 4.78 is 72.4. The summed E-state index contributed by atoms with van der Waals surface area (Å²) >= 11 is 0. The molecule has 14 heteroatoms. The van der Waals surface area contributed by atoms with Crippen LogP contribution in [0.1, 0.15) is 85.2 Å². The number of aromatic nitrogens is 4. The Morgan fingerprint density at radius 1 is 1.10 bits per heavy atom. The van der Waals surface area contributed by atoms with Gasteiger partial charge >= 0.3 is 6.18 Å². The normalized spacial score (nSPS) is 18.8. The van der Waals surface area contributed by atoms with Gasteiger partial charge in [0.05, 0.1) is 43.7 Å². The minimum Gasteiger partial charge on any atom is -0.497 e. The van der Waals surface area contributed by atoms with Crippen molar-refractivity contribution in [3.8, 4) is 5.75 Å². The van der Waals surface area contributed by atoms with E-state index in [4.69, 9.17) is 4.74 Å². The molecular formula is C28H31F5N6O3. The lowest BCUT2D eigenvalue weighted by Crippen LogP contribution is -2.37. The second kappa shape index (κ2) is 11.8. The average molecular weight is 595 g/mol. The lowest BCUT2D eigenvalue weighted by atomic mass is 9.81. The quantitative estimate of drug-likeness (QED) is 0.307. The van der Waals surface area contributed by atoms with Crippen LogP contribution in [0.15, 0.2) is 36.8 Å². The van der Waals surface area contributed by atoms with Crippen LogP contribution in [0, 0.1) is 11.8 Å². The number of pyridine rings is 1. The number of amides is 2. The highest BCUT2D eigenvalue weighted by Crippen LogP contribution is 2.43. The van der Waals surface area contributed by atoms with Crippen molar-refractivity contribution in [2.45, 2.75) is 75.5 Å². The van der Waals surface area contributed by atoms with Gasteiger partial charge in [0.25, 0.3) is 5.91 Å². The van der Waals surface area contributed by atoms with E-state index in [0.717, 1.165) is 12.8 Å². The van der Waals surface area contributed by atoms with E-state index >= 15 is 0 Å². The van der Waals surface area contributed by atoms with Crippen molar-refractivity contribution < 1.29 is 36.3 Å². The van der Waals surface area contributed by atoms with E-state index in [1.54, 1.807) is 18.3 Å². The van der Waals surface area contributed by atoms with Crippen LogP contribution in [0.2, 0.25) is 0 Å². The number of hydrogen-bond donors (Lipinski definition) is 2. The van der Waals surface area contributed by atoms with E-state index in [-0.39, 0.29) is 43.2 Å². The molecule has 2 amide bonds. The van der Waals surface area contributed by atoms with Gasteiger partial charge in [-0.05, 0) is 55.2 Å². The molecule has 0 unspecified atom stereocenters. The molecule has 3 heterocycles. The average Bonchev–Trinajstić information content (AvgIpc) is 3.71. The number of fused-ring (bicyclic) bond motifs is 1. The summed E-state index contributed by atoms with van der Waals surface area (Å²) in [5.41, 5.74) is 1.50. The molecule has 226 valence electrons. The highest BCUT2D eigenvalue weighted by Gasteiger charge is 2.40. The van der Waals surface area contributed by atoms with E-state index < -0.39 is 48.8 Å². The molecule has 3 aromatic heterocycles. The van der Waals surface area contributed by atoms with Crippen LogP contribution in [0.4, 0.5) is 22.0 Å². The first-order valence-electron chi connectivity index (χ1n) is 13.8. The van der Waals surface area contributed by atoms with E-state index in [2.05, 4.69) is 25.7 Å². The molecule has 3 aromatic rings. The van der Waals surface area contributed by atoms with Gasteiger partial charge in [-0.15, -0.1) is 0 Å². The molecule has 9 nitrogen and oxygen atoms in total. The zero-order valence-electron chi connectivity index (χ0n) is 22.8. The summed E-state index contributed by atoms with van der Waals surface area (Å²) in [5, 5.41) is 10.0. The predicted molar refractivity (Wildman–Crippen MR) is 140 cm³/mol. The van der Waals surface area contributed by atoms with Crippen LogP contribution in [-0.2, 0) is 4.79 Å². The van der Waals surface area contributed by atoms with E-state index in [0.29, 0.717) is 22.7 Å². The standard InChI is InChI=1S/C28H31F5N6O3/c1-42-19-7-11-34-20(13-19)26(41)38-25(17-4-8-27(29,30)9-5-17)21-15-39-22(36-21)12-18(14-35-39)24(16-2-3-16)37-23(40)6-10-28(31,32)33/h7,11-17,24-25H,2-6,8-10H2,1H3,(H,37,40)(H,38,41)/t24-,25+/m1/s1. The maximum atomic E-state index is 14.0. The summed E-state index contributed by atoms with van der Waals surface area (Å²) in [6.07, 6.45) is -0.384. The van der Waals surface area contributed by atoms with E-state index in [1.807, 2.05) is 0 Å². The third-order valence-electron chi connectivity index (χ3n) is 7.80. The van der Waals surface area contributed by atoms with Crippen LogP contribution in [0.3, 0.4) is 0 Å². The van der Waals surface area contributed by atoms with Crippen molar-refractivity contribution in [1.82, 2.24) is 30.2 Å². The van der Waals surface area contributed by atoms with Gasteiger partial charge in [0.15, 0.2) is 5.65 Å². The van der Waals surface area contributed by atoms with Crippen molar-refractivity contribution in [3.63, 3.8) is 0 Å². The molecule has 2 atom stereocenters. The van der Waals surface area contributed by atoms with Crippen molar-refractivity contribution >= 4 is 17.5 Å². The summed E-state index contributed by atoms with van der Waals surface area (Å²) in [6, 6.07) is 3.53. The topological polar surface area (TPSA) is 111 Å². The molecule has 0 aliphatic heterocycles. The molecule has 0 radical (unpaired) electrons. The molecule has 2 saturated carbocycles. The van der Waals surface area contributed by atoms with Crippen LogP contribution >= 0.6 is 0 Å². The fourth-order valence-corrected chi connectivity index (χ4v) is 5.34. The van der Waals surface area contributed by atoms with Gasteiger partial charge in [-0.1, -0.05) is 0 Å².